The van der Waals surface area contributed by atoms with Crippen molar-refractivity contribution in [2.75, 3.05) is 24.2 Å². The molecule has 7 atom stereocenters. The van der Waals surface area contributed by atoms with Crippen LogP contribution in [-0.2, 0) is 25.7 Å². The molecule has 1 saturated heterocycles. The van der Waals surface area contributed by atoms with Gasteiger partial charge in [0, 0.05) is 31.0 Å². The van der Waals surface area contributed by atoms with Crippen LogP contribution in [0.2, 0.25) is 0 Å². The van der Waals surface area contributed by atoms with Crippen LogP contribution in [0.15, 0.2) is 54.6 Å². The first-order valence-electron chi connectivity index (χ1n) is 17.4. The molecule has 4 N–H and O–H groups in total. The number of fused-ring (bicyclic) bond motifs is 2. The van der Waals surface area contributed by atoms with Gasteiger partial charge in [-0.1, -0.05) is 30.3 Å². The number of hydrogen-bond acceptors (Lipinski definition) is 6. The number of hydrogen-bond donors (Lipinski definition) is 4. The second-order valence-electron chi connectivity index (χ2n) is 15.4. The Hall–Kier alpha value is -4.94. The number of para-hydroxylation sites is 1. The number of likely N-dealkylation sites (N-methyl/N-ethyl adjacent to an activating group) is 1. The zero-order valence-corrected chi connectivity index (χ0v) is 28.6. The lowest BCUT2D eigenvalue weighted by atomic mass is 9.55. The number of nitrogens with zero attached hydrogens (tertiary/aromatic N) is 3. The van der Waals surface area contributed by atoms with Crippen LogP contribution in [0.4, 0.5) is 21.0 Å². The number of benzene rings is 2. The van der Waals surface area contributed by atoms with Crippen LogP contribution in [0.1, 0.15) is 57.9 Å². The molecule has 7 rings (SSSR count). The van der Waals surface area contributed by atoms with Crippen LogP contribution in [-0.4, -0.2) is 86.8 Å². The predicted molar refractivity (Wildman–Crippen MR) is 182 cm³/mol. The van der Waals surface area contributed by atoms with E-state index in [0.717, 1.165) is 35.0 Å². The molecule has 0 radical (unpaired) electrons. The van der Waals surface area contributed by atoms with Crippen molar-refractivity contribution in [1.82, 2.24) is 20.0 Å². The van der Waals surface area contributed by atoms with E-state index in [-0.39, 0.29) is 12.6 Å². The normalized spacial score (nSPS) is 28.9. The van der Waals surface area contributed by atoms with Crippen molar-refractivity contribution in [3.63, 3.8) is 0 Å². The Morgan fingerprint density at radius 2 is 1.62 bits per heavy atom. The number of carbonyl (C=O) groups is 6. The number of urea groups is 2. The summed E-state index contributed by atoms with van der Waals surface area (Å²) in [4.78, 5) is 81.9. The summed E-state index contributed by atoms with van der Waals surface area (Å²) in [6, 6.07) is 13.5. The quantitative estimate of drug-likeness (QED) is 0.258. The average Bonchev–Trinajstić information content (AvgIpc) is 3.44. The first-order valence-corrected chi connectivity index (χ1v) is 17.4. The van der Waals surface area contributed by atoms with E-state index in [4.69, 9.17) is 0 Å². The number of aliphatic carboxylic acids is 1. The molecule has 13 nitrogen and oxygen atoms in total. The van der Waals surface area contributed by atoms with E-state index in [0.29, 0.717) is 40.1 Å². The highest BCUT2D eigenvalue weighted by molar-refractivity contribution is 6.08. The third-order valence-electron chi connectivity index (χ3n) is 12.2. The SMILES string of the molecule is CN(C(=O)CN1C(=O)N(Cc2ccc(NC(=O)Nc3ccccc3)cc2)C(C)(C)C1=O)[C@@H](CC(=O)O)C(=O)NC1C2CC3CC4CC1C4(C3)C2. The number of nitrogens with one attached hydrogen (secondary N) is 3. The lowest BCUT2D eigenvalue weighted by Gasteiger charge is -2.50. The summed E-state index contributed by atoms with van der Waals surface area (Å²) in [6.07, 6.45) is 5.20. The molecule has 5 fully saturated rings. The Balaban J connectivity index is 0.977. The molecule has 50 heavy (non-hydrogen) atoms. The van der Waals surface area contributed by atoms with Crippen molar-refractivity contribution in [2.24, 2.45) is 29.1 Å². The van der Waals surface area contributed by atoms with Gasteiger partial charge in [-0.15, -0.1) is 0 Å². The average molecular weight is 685 g/mol. The van der Waals surface area contributed by atoms with E-state index < -0.39 is 60.3 Å². The second-order valence-corrected chi connectivity index (χ2v) is 15.4. The number of amides is 7. The van der Waals surface area contributed by atoms with Crippen molar-refractivity contribution in [3.8, 4) is 0 Å². The third-order valence-corrected chi connectivity index (χ3v) is 12.2. The number of anilines is 2. The van der Waals surface area contributed by atoms with Gasteiger partial charge in [-0.3, -0.25) is 24.1 Å². The molecule has 4 aliphatic carbocycles. The van der Waals surface area contributed by atoms with E-state index in [2.05, 4.69) is 16.0 Å². The summed E-state index contributed by atoms with van der Waals surface area (Å²) < 4.78 is 0. The smallest absolute Gasteiger partial charge is 0.328 e. The molecule has 264 valence electrons. The van der Waals surface area contributed by atoms with E-state index in [1.807, 2.05) is 18.2 Å². The van der Waals surface area contributed by atoms with Gasteiger partial charge in [0.25, 0.3) is 5.91 Å². The zero-order chi connectivity index (χ0) is 35.5. The molecule has 1 spiro atoms. The van der Waals surface area contributed by atoms with Gasteiger partial charge in [0.15, 0.2) is 0 Å². The summed E-state index contributed by atoms with van der Waals surface area (Å²) in [7, 11) is 1.35. The zero-order valence-electron chi connectivity index (χ0n) is 28.6. The number of carboxylic acid groups (broad SMARTS) is 1. The Labute approximate surface area is 290 Å². The number of rotatable bonds is 11. The van der Waals surface area contributed by atoms with E-state index >= 15 is 0 Å². The van der Waals surface area contributed by atoms with Crippen LogP contribution in [0.3, 0.4) is 0 Å². The number of carbonyl (C=O) groups excluding carboxylic acids is 5. The molecule has 6 unspecified atom stereocenters. The Bertz CT molecular complexity index is 1730. The molecular formula is C37H44N6O7. The minimum atomic E-state index is -1.29. The summed E-state index contributed by atoms with van der Waals surface area (Å²) >= 11 is 0. The highest BCUT2D eigenvalue weighted by atomic mass is 16.4. The van der Waals surface area contributed by atoms with Crippen LogP contribution in [0.25, 0.3) is 0 Å². The molecule has 5 aliphatic rings. The van der Waals surface area contributed by atoms with Gasteiger partial charge in [0.2, 0.25) is 11.8 Å². The lowest BCUT2D eigenvalue weighted by Crippen LogP contribution is -2.57. The molecule has 1 aliphatic heterocycles. The molecule has 13 heteroatoms. The molecule has 3 bridgehead atoms. The molecule has 2 aromatic rings. The Morgan fingerprint density at radius 1 is 0.940 bits per heavy atom. The van der Waals surface area contributed by atoms with Crippen molar-refractivity contribution in [1.29, 1.82) is 0 Å². The summed E-state index contributed by atoms with van der Waals surface area (Å²) in [5.74, 6) is -0.797. The molecule has 1 heterocycles. The first-order chi connectivity index (χ1) is 23.8. The maximum Gasteiger partial charge on any atom is 0.328 e. The molecule has 2 aromatic carbocycles. The van der Waals surface area contributed by atoms with Gasteiger partial charge in [0.1, 0.15) is 18.1 Å². The highest BCUT2D eigenvalue weighted by Crippen LogP contribution is 2.75. The topological polar surface area (TPSA) is 168 Å². The second kappa shape index (κ2) is 12.4. The first kappa shape index (κ1) is 33.6. The van der Waals surface area contributed by atoms with Crippen LogP contribution < -0.4 is 16.0 Å². The molecule has 0 aromatic heterocycles. The van der Waals surface area contributed by atoms with Crippen LogP contribution in [0, 0.1) is 29.1 Å². The standard InChI is InChI=1S/C37H44N6O7/c1-36(2)33(48)42(35(50)43(36)19-21-9-11-26(12-10-21)39-34(49)38-25-7-5-4-6-8-25)20-29(44)41(3)28(16-30(45)46)32(47)40-31-23-13-22-14-24-15-27(31)37(24,17-22)18-23/h4-12,22-24,27-28,31H,13-20H2,1-3H3,(H,40,47)(H,45,46)(H2,38,39,49)/t22?,23?,24?,27?,28-,31?,37?/m0/s1. The number of imide groups is 1. The fraction of sp³-hybridized carbons (Fsp3) is 0.514. The van der Waals surface area contributed by atoms with Crippen molar-refractivity contribution >= 4 is 47.1 Å². The van der Waals surface area contributed by atoms with Gasteiger partial charge < -0.3 is 30.9 Å². The highest BCUT2D eigenvalue weighted by Gasteiger charge is 2.70. The van der Waals surface area contributed by atoms with Gasteiger partial charge in [0.05, 0.1) is 6.42 Å². The molecule has 7 amide bonds. The Morgan fingerprint density at radius 3 is 2.30 bits per heavy atom. The minimum Gasteiger partial charge on any atom is -0.481 e. The summed E-state index contributed by atoms with van der Waals surface area (Å²) in [6.45, 7) is 2.63. The Kier molecular flexibility index (Phi) is 8.34. The van der Waals surface area contributed by atoms with Crippen LogP contribution >= 0.6 is 0 Å². The third kappa shape index (κ3) is 5.75. The summed E-state index contributed by atoms with van der Waals surface area (Å²) in [5.41, 5.74) is 0.909. The van der Waals surface area contributed by atoms with Gasteiger partial charge in [-0.05, 0) is 105 Å². The molecular weight excluding hydrogens is 640 g/mol. The number of carboxylic acids is 1. The van der Waals surface area contributed by atoms with Crippen molar-refractivity contribution in [2.45, 2.75) is 76.5 Å². The maximum atomic E-state index is 13.7. The molecule has 4 saturated carbocycles. The fourth-order valence-electron chi connectivity index (χ4n) is 9.76. The van der Waals surface area contributed by atoms with Crippen LogP contribution in [0.5, 0.6) is 0 Å². The summed E-state index contributed by atoms with van der Waals surface area (Å²) in [5, 5.41) is 18.3. The van der Waals surface area contributed by atoms with Crippen molar-refractivity contribution in [3.05, 3.63) is 60.2 Å². The monoisotopic (exact) mass is 684 g/mol. The van der Waals surface area contributed by atoms with E-state index in [9.17, 15) is 33.9 Å². The largest absolute Gasteiger partial charge is 0.481 e. The van der Waals surface area contributed by atoms with E-state index in [1.165, 1.54) is 24.8 Å². The van der Waals surface area contributed by atoms with Gasteiger partial charge in [-0.2, -0.15) is 0 Å². The maximum absolute atomic E-state index is 13.7. The minimum absolute atomic E-state index is 0.0174. The fourth-order valence-corrected chi connectivity index (χ4v) is 9.76. The van der Waals surface area contributed by atoms with Gasteiger partial charge >= 0.3 is 18.0 Å². The van der Waals surface area contributed by atoms with E-state index in [1.54, 1.807) is 50.2 Å². The lowest BCUT2D eigenvalue weighted by molar-refractivity contribution is -0.147. The predicted octanol–water partition coefficient (Wildman–Crippen LogP) is 4.12. The van der Waals surface area contributed by atoms with Crippen molar-refractivity contribution < 1.29 is 33.9 Å². The van der Waals surface area contributed by atoms with Gasteiger partial charge in [-0.25, -0.2) is 9.59 Å².